The Morgan fingerprint density at radius 3 is 2.24 bits per heavy atom. The third-order valence-electron chi connectivity index (χ3n) is 5.14. The van der Waals surface area contributed by atoms with Crippen molar-refractivity contribution in [3.63, 3.8) is 0 Å². The molecule has 0 bridgehead atoms. The Morgan fingerprint density at radius 1 is 1.00 bits per heavy atom. The molecule has 2 amide bonds. The minimum Gasteiger partial charge on any atom is -0.367 e. The lowest BCUT2D eigenvalue weighted by atomic mass is 9.94. The summed E-state index contributed by atoms with van der Waals surface area (Å²) in [6, 6.07) is 13.0. The second-order valence-corrected chi connectivity index (χ2v) is 8.87. The number of hydrogen-bond acceptors (Lipinski definition) is 3. The second kappa shape index (κ2) is 8.46. The summed E-state index contributed by atoms with van der Waals surface area (Å²) in [5.74, 6) is 0.0266. The number of amides is 2. The minimum absolute atomic E-state index is 0.152. The molecule has 0 saturated carbocycles. The average Bonchev–Trinajstić information content (AvgIpc) is 2.67. The van der Waals surface area contributed by atoms with Crippen molar-refractivity contribution < 1.29 is 9.59 Å². The van der Waals surface area contributed by atoms with Crippen LogP contribution in [0.25, 0.3) is 0 Å². The van der Waals surface area contributed by atoms with Crippen molar-refractivity contribution in [2.45, 2.75) is 27.7 Å². The molecular weight excluding hydrogens is 386 g/mol. The predicted molar refractivity (Wildman–Crippen MR) is 119 cm³/mol. The van der Waals surface area contributed by atoms with Gasteiger partial charge in [0.15, 0.2) is 0 Å². The van der Waals surface area contributed by atoms with Gasteiger partial charge in [-0.2, -0.15) is 0 Å². The van der Waals surface area contributed by atoms with E-state index in [0.29, 0.717) is 29.4 Å². The van der Waals surface area contributed by atoms with Crippen LogP contribution in [0.2, 0.25) is 5.02 Å². The molecule has 1 aliphatic rings. The molecule has 1 N–H and O–H groups in total. The zero-order valence-corrected chi connectivity index (χ0v) is 18.2. The van der Waals surface area contributed by atoms with Gasteiger partial charge in [-0.3, -0.25) is 9.59 Å². The van der Waals surface area contributed by atoms with Gasteiger partial charge in [-0.05, 0) is 36.8 Å². The lowest BCUT2D eigenvalue weighted by molar-refractivity contribution is -0.139. The van der Waals surface area contributed by atoms with Crippen molar-refractivity contribution in [1.29, 1.82) is 0 Å². The van der Waals surface area contributed by atoms with Gasteiger partial charge in [-0.25, -0.2) is 0 Å². The first-order valence-corrected chi connectivity index (χ1v) is 10.3. The third-order valence-corrected chi connectivity index (χ3v) is 5.45. The van der Waals surface area contributed by atoms with Crippen molar-refractivity contribution >= 4 is 34.8 Å². The molecule has 2 aromatic rings. The number of piperazine rings is 1. The van der Waals surface area contributed by atoms with Crippen LogP contribution in [0, 0.1) is 12.3 Å². The summed E-state index contributed by atoms with van der Waals surface area (Å²) in [6.45, 7) is 10.6. The van der Waals surface area contributed by atoms with Crippen LogP contribution in [-0.2, 0) is 4.79 Å². The number of nitrogens with zero attached hydrogens (tertiary/aromatic N) is 2. The maximum absolute atomic E-state index is 12.5. The zero-order valence-electron chi connectivity index (χ0n) is 17.5. The van der Waals surface area contributed by atoms with E-state index in [4.69, 9.17) is 11.6 Å². The standard InChI is InChI=1S/C23H28ClN3O2/c1-16-7-5-6-8-18(16)21(28)25-17-9-10-20(19(24)15-17)26-11-13-27(14-12-26)22(29)23(2,3)4/h5-10,15H,11-14H2,1-4H3,(H,25,28). The number of nitrogens with one attached hydrogen (secondary N) is 1. The topological polar surface area (TPSA) is 52.7 Å². The highest BCUT2D eigenvalue weighted by Crippen LogP contribution is 2.30. The summed E-state index contributed by atoms with van der Waals surface area (Å²) in [5, 5.41) is 3.50. The molecule has 0 spiro atoms. The maximum Gasteiger partial charge on any atom is 0.255 e. The highest BCUT2D eigenvalue weighted by Gasteiger charge is 2.30. The second-order valence-electron chi connectivity index (χ2n) is 8.46. The van der Waals surface area contributed by atoms with Crippen LogP contribution < -0.4 is 10.2 Å². The summed E-state index contributed by atoms with van der Waals surface area (Å²) >= 11 is 6.52. The number of halogens is 1. The van der Waals surface area contributed by atoms with Gasteiger partial charge in [0.1, 0.15) is 0 Å². The Balaban J connectivity index is 1.65. The fraction of sp³-hybridized carbons (Fsp3) is 0.391. The first kappa shape index (κ1) is 21.2. The van der Waals surface area contributed by atoms with Gasteiger partial charge < -0.3 is 15.1 Å². The van der Waals surface area contributed by atoms with E-state index < -0.39 is 0 Å². The number of aryl methyl sites for hydroxylation is 1. The molecule has 154 valence electrons. The van der Waals surface area contributed by atoms with Gasteiger partial charge in [0.25, 0.3) is 5.91 Å². The van der Waals surface area contributed by atoms with Crippen LogP contribution >= 0.6 is 11.6 Å². The van der Waals surface area contributed by atoms with Crippen molar-refractivity contribution in [3.8, 4) is 0 Å². The van der Waals surface area contributed by atoms with E-state index in [1.54, 1.807) is 12.1 Å². The third kappa shape index (κ3) is 4.91. The van der Waals surface area contributed by atoms with E-state index in [-0.39, 0.29) is 17.2 Å². The van der Waals surface area contributed by atoms with Crippen LogP contribution in [0.4, 0.5) is 11.4 Å². The van der Waals surface area contributed by atoms with E-state index in [1.165, 1.54) is 0 Å². The van der Waals surface area contributed by atoms with Crippen LogP contribution in [0.15, 0.2) is 42.5 Å². The molecule has 0 atom stereocenters. The first-order valence-electron chi connectivity index (χ1n) is 9.87. The smallest absolute Gasteiger partial charge is 0.255 e. The van der Waals surface area contributed by atoms with E-state index in [2.05, 4.69) is 10.2 Å². The quantitative estimate of drug-likeness (QED) is 0.800. The molecule has 6 heteroatoms. The van der Waals surface area contributed by atoms with E-state index in [1.807, 2.05) is 62.9 Å². The fourth-order valence-electron chi connectivity index (χ4n) is 3.49. The molecule has 29 heavy (non-hydrogen) atoms. The first-order chi connectivity index (χ1) is 13.7. The molecular formula is C23H28ClN3O2. The van der Waals surface area contributed by atoms with Gasteiger partial charge in [0.05, 0.1) is 10.7 Å². The van der Waals surface area contributed by atoms with Gasteiger partial charge >= 0.3 is 0 Å². The number of carbonyl (C=O) groups excluding carboxylic acids is 2. The lowest BCUT2D eigenvalue weighted by Gasteiger charge is -2.39. The van der Waals surface area contributed by atoms with Crippen molar-refractivity contribution in [2.75, 3.05) is 36.4 Å². The Labute approximate surface area is 177 Å². The molecule has 3 rings (SSSR count). The number of rotatable bonds is 3. The van der Waals surface area contributed by atoms with Crippen LogP contribution in [0.5, 0.6) is 0 Å². The largest absolute Gasteiger partial charge is 0.367 e. The highest BCUT2D eigenvalue weighted by molar-refractivity contribution is 6.33. The van der Waals surface area contributed by atoms with E-state index >= 15 is 0 Å². The monoisotopic (exact) mass is 413 g/mol. The summed E-state index contributed by atoms with van der Waals surface area (Å²) in [4.78, 5) is 29.1. The van der Waals surface area contributed by atoms with E-state index in [0.717, 1.165) is 24.3 Å². The van der Waals surface area contributed by atoms with Crippen LogP contribution in [0.3, 0.4) is 0 Å². The number of carbonyl (C=O) groups is 2. The molecule has 1 saturated heterocycles. The van der Waals surface area contributed by atoms with Crippen LogP contribution in [-0.4, -0.2) is 42.9 Å². The van der Waals surface area contributed by atoms with Crippen molar-refractivity contribution in [2.24, 2.45) is 5.41 Å². The molecule has 0 aliphatic carbocycles. The molecule has 5 nitrogen and oxygen atoms in total. The van der Waals surface area contributed by atoms with Gasteiger partial charge in [-0.15, -0.1) is 0 Å². The van der Waals surface area contributed by atoms with Gasteiger partial charge in [0.2, 0.25) is 5.91 Å². The molecule has 0 aromatic heterocycles. The minimum atomic E-state index is -0.364. The fourth-order valence-corrected chi connectivity index (χ4v) is 3.79. The summed E-state index contributed by atoms with van der Waals surface area (Å²) in [5.41, 5.74) is 2.79. The van der Waals surface area contributed by atoms with Crippen molar-refractivity contribution in [1.82, 2.24) is 4.90 Å². The zero-order chi connectivity index (χ0) is 21.2. The Kier molecular flexibility index (Phi) is 6.18. The number of benzene rings is 2. The molecule has 0 radical (unpaired) electrons. The summed E-state index contributed by atoms with van der Waals surface area (Å²) in [7, 11) is 0. The lowest BCUT2D eigenvalue weighted by Crippen LogP contribution is -2.51. The molecule has 1 heterocycles. The predicted octanol–water partition coefficient (Wildman–Crippen LogP) is 4.60. The van der Waals surface area contributed by atoms with Crippen molar-refractivity contribution in [3.05, 3.63) is 58.6 Å². The summed E-state index contributed by atoms with van der Waals surface area (Å²) in [6.07, 6.45) is 0. The Morgan fingerprint density at radius 2 is 1.66 bits per heavy atom. The van der Waals surface area contributed by atoms with E-state index in [9.17, 15) is 9.59 Å². The van der Waals surface area contributed by atoms with Gasteiger partial charge in [0, 0.05) is 42.8 Å². The summed E-state index contributed by atoms with van der Waals surface area (Å²) < 4.78 is 0. The molecule has 1 aliphatic heterocycles. The normalized spacial score (nSPS) is 14.7. The molecule has 2 aromatic carbocycles. The van der Waals surface area contributed by atoms with Gasteiger partial charge in [-0.1, -0.05) is 50.6 Å². The number of anilines is 2. The SMILES string of the molecule is Cc1ccccc1C(=O)Nc1ccc(N2CCN(C(=O)C(C)(C)C)CC2)c(Cl)c1. The molecule has 1 fully saturated rings. The maximum atomic E-state index is 12.5. The Hall–Kier alpha value is -2.53. The highest BCUT2D eigenvalue weighted by atomic mass is 35.5. The average molecular weight is 414 g/mol. The Bertz CT molecular complexity index is 913. The number of hydrogen-bond donors (Lipinski definition) is 1. The van der Waals surface area contributed by atoms with Crippen LogP contribution in [0.1, 0.15) is 36.7 Å². The molecule has 0 unspecified atom stereocenters.